The Bertz CT molecular complexity index is 1010. The SMILES string of the molecule is CCC(C(=O)O)c1ccc(C(=O)c2ccc(Cl)cc2Cl)n1Cc1ccccc1. The molecule has 1 N–H and O–H groups in total. The van der Waals surface area contributed by atoms with Crippen LogP contribution in [0.1, 0.15) is 46.6 Å². The Morgan fingerprint density at radius 3 is 2.36 bits per heavy atom. The first-order valence-corrected chi connectivity index (χ1v) is 9.63. The normalized spacial score (nSPS) is 12.0. The van der Waals surface area contributed by atoms with Gasteiger partial charge in [0, 0.05) is 22.8 Å². The maximum Gasteiger partial charge on any atom is 0.312 e. The lowest BCUT2D eigenvalue weighted by Crippen LogP contribution is -2.19. The van der Waals surface area contributed by atoms with Crippen LogP contribution < -0.4 is 0 Å². The second-order valence-electron chi connectivity index (χ2n) is 6.47. The molecule has 4 nitrogen and oxygen atoms in total. The van der Waals surface area contributed by atoms with E-state index in [2.05, 4.69) is 0 Å². The number of hydrogen-bond donors (Lipinski definition) is 1. The van der Waals surface area contributed by atoms with E-state index in [4.69, 9.17) is 23.2 Å². The van der Waals surface area contributed by atoms with Gasteiger partial charge in [0.05, 0.1) is 16.6 Å². The summed E-state index contributed by atoms with van der Waals surface area (Å²) in [5, 5.41) is 10.3. The minimum atomic E-state index is -0.918. The van der Waals surface area contributed by atoms with Gasteiger partial charge in [-0.25, -0.2) is 0 Å². The van der Waals surface area contributed by atoms with Crippen LogP contribution in [-0.4, -0.2) is 21.4 Å². The predicted molar refractivity (Wildman–Crippen MR) is 111 cm³/mol. The Morgan fingerprint density at radius 1 is 1.04 bits per heavy atom. The van der Waals surface area contributed by atoms with Crippen molar-refractivity contribution in [2.75, 3.05) is 0 Å². The van der Waals surface area contributed by atoms with E-state index in [1.165, 1.54) is 6.07 Å². The lowest BCUT2D eigenvalue weighted by Gasteiger charge is -2.17. The summed E-state index contributed by atoms with van der Waals surface area (Å²) in [4.78, 5) is 24.9. The van der Waals surface area contributed by atoms with Crippen LogP contribution in [-0.2, 0) is 11.3 Å². The molecule has 6 heteroatoms. The summed E-state index contributed by atoms with van der Waals surface area (Å²) in [5.74, 6) is -1.89. The Hall–Kier alpha value is -2.56. The molecule has 0 amide bonds. The molecule has 0 saturated heterocycles. The van der Waals surface area contributed by atoms with Crippen molar-refractivity contribution in [1.82, 2.24) is 4.57 Å². The van der Waals surface area contributed by atoms with E-state index >= 15 is 0 Å². The average molecular weight is 416 g/mol. The van der Waals surface area contributed by atoms with Crippen molar-refractivity contribution >= 4 is 35.0 Å². The third-order valence-corrected chi connectivity index (χ3v) is 5.22. The summed E-state index contributed by atoms with van der Waals surface area (Å²) < 4.78 is 1.77. The Balaban J connectivity index is 2.11. The van der Waals surface area contributed by atoms with Gasteiger partial charge in [0.25, 0.3) is 0 Å². The topological polar surface area (TPSA) is 59.3 Å². The molecule has 28 heavy (non-hydrogen) atoms. The van der Waals surface area contributed by atoms with Gasteiger partial charge in [-0.15, -0.1) is 0 Å². The molecule has 0 saturated carbocycles. The van der Waals surface area contributed by atoms with Crippen LogP contribution >= 0.6 is 23.2 Å². The Kier molecular flexibility index (Phi) is 6.22. The summed E-state index contributed by atoms with van der Waals surface area (Å²) >= 11 is 12.2. The molecule has 144 valence electrons. The van der Waals surface area contributed by atoms with Crippen molar-refractivity contribution in [2.45, 2.75) is 25.8 Å². The van der Waals surface area contributed by atoms with Crippen molar-refractivity contribution < 1.29 is 14.7 Å². The van der Waals surface area contributed by atoms with Crippen molar-refractivity contribution in [3.05, 3.63) is 93.2 Å². The maximum atomic E-state index is 13.2. The Morgan fingerprint density at radius 2 is 1.75 bits per heavy atom. The van der Waals surface area contributed by atoms with Crippen LogP contribution in [0.4, 0.5) is 0 Å². The first-order valence-electron chi connectivity index (χ1n) is 8.88. The van der Waals surface area contributed by atoms with Gasteiger partial charge in [0.1, 0.15) is 0 Å². The lowest BCUT2D eigenvalue weighted by atomic mass is 10.0. The van der Waals surface area contributed by atoms with E-state index in [1.54, 1.807) is 28.8 Å². The molecule has 0 spiro atoms. The number of aromatic nitrogens is 1. The summed E-state index contributed by atoms with van der Waals surface area (Å²) in [6.45, 7) is 2.20. The Labute approximate surface area is 173 Å². The number of ketones is 1. The number of rotatable bonds is 7. The summed E-state index contributed by atoms with van der Waals surface area (Å²) in [6.07, 6.45) is 0.420. The molecule has 0 fully saturated rings. The summed E-state index contributed by atoms with van der Waals surface area (Å²) in [7, 11) is 0. The fourth-order valence-electron chi connectivity index (χ4n) is 3.25. The number of benzene rings is 2. The summed E-state index contributed by atoms with van der Waals surface area (Å²) in [6, 6.07) is 17.7. The van der Waals surface area contributed by atoms with E-state index in [1.807, 2.05) is 37.3 Å². The highest BCUT2D eigenvalue weighted by atomic mass is 35.5. The van der Waals surface area contributed by atoms with Gasteiger partial charge in [-0.05, 0) is 42.3 Å². The molecule has 0 aliphatic heterocycles. The third kappa shape index (κ3) is 4.13. The number of carbonyl (C=O) groups is 2. The zero-order valence-electron chi connectivity index (χ0n) is 15.2. The number of carbonyl (C=O) groups excluding carboxylic acids is 1. The maximum absolute atomic E-state index is 13.2. The highest BCUT2D eigenvalue weighted by molar-refractivity contribution is 6.37. The molecule has 0 radical (unpaired) electrons. The lowest BCUT2D eigenvalue weighted by molar-refractivity contribution is -0.139. The van der Waals surface area contributed by atoms with Gasteiger partial charge in [-0.3, -0.25) is 9.59 Å². The van der Waals surface area contributed by atoms with Gasteiger partial charge in [0.15, 0.2) is 0 Å². The number of carboxylic acid groups (broad SMARTS) is 1. The van der Waals surface area contributed by atoms with Crippen molar-refractivity contribution in [3.63, 3.8) is 0 Å². The quantitative estimate of drug-likeness (QED) is 0.506. The second kappa shape index (κ2) is 8.63. The average Bonchev–Trinajstić information content (AvgIpc) is 3.06. The van der Waals surface area contributed by atoms with Crippen LogP contribution in [0.3, 0.4) is 0 Å². The number of nitrogens with zero attached hydrogens (tertiary/aromatic N) is 1. The van der Waals surface area contributed by atoms with E-state index in [9.17, 15) is 14.7 Å². The van der Waals surface area contributed by atoms with Gasteiger partial charge in [0.2, 0.25) is 5.78 Å². The van der Waals surface area contributed by atoms with Crippen molar-refractivity contribution in [3.8, 4) is 0 Å². The number of hydrogen-bond acceptors (Lipinski definition) is 2. The van der Waals surface area contributed by atoms with E-state index in [0.717, 1.165) is 5.56 Å². The molecule has 0 aliphatic rings. The van der Waals surface area contributed by atoms with Crippen LogP contribution in [0, 0.1) is 0 Å². The van der Waals surface area contributed by atoms with Gasteiger partial charge >= 0.3 is 5.97 Å². The molecule has 1 unspecified atom stereocenters. The predicted octanol–water partition coefficient (Wildman–Crippen LogP) is 5.65. The van der Waals surface area contributed by atoms with Crippen LogP contribution in [0.5, 0.6) is 0 Å². The molecule has 0 aliphatic carbocycles. The van der Waals surface area contributed by atoms with E-state index < -0.39 is 11.9 Å². The van der Waals surface area contributed by atoms with Gasteiger partial charge in [-0.2, -0.15) is 0 Å². The molecule has 2 aromatic carbocycles. The highest BCUT2D eigenvalue weighted by Crippen LogP contribution is 2.28. The molecule has 3 rings (SSSR count). The molecular weight excluding hydrogens is 397 g/mol. The summed E-state index contributed by atoms with van der Waals surface area (Å²) in [5.41, 5.74) is 2.28. The molecule has 1 heterocycles. The first kappa shape index (κ1) is 20.2. The van der Waals surface area contributed by atoms with Gasteiger partial charge in [-0.1, -0.05) is 60.5 Å². The molecule has 1 atom stereocenters. The zero-order valence-corrected chi connectivity index (χ0v) is 16.7. The first-order chi connectivity index (χ1) is 13.4. The van der Waals surface area contributed by atoms with Crippen LogP contribution in [0.25, 0.3) is 0 Å². The van der Waals surface area contributed by atoms with Crippen LogP contribution in [0.15, 0.2) is 60.7 Å². The van der Waals surface area contributed by atoms with Gasteiger partial charge < -0.3 is 9.67 Å². The van der Waals surface area contributed by atoms with E-state index in [0.29, 0.717) is 34.9 Å². The highest BCUT2D eigenvalue weighted by Gasteiger charge is 2.26. The zero-order chi connectivity index (χ0) is 20.3. The third-order valence-electron chi connectivity index (χ3n) is 4.67. The van der Waals surface area contributed by atoms with Crippen molar-refractivity contribution in [2.24, 2.45) is 0 Å². The van der Waals surface area contributed by atoms with E-state index in [-0.39, 0.29) is 10.8 Å². The standard InChI is InChI=1S/C22H19Cl2NO3/c1-2-16(22(27)28)19-10-11-20(25(19)13-14-6-4-3-5-7-14)21(26)17-9-8-15(23)12-18(17)24/h3-12,16H,2,13H2,1H3,(H,27,28). The minimum Gasteiger partial charge on any atom is -0.481 e. The molecule has 0 bridgehead atoms. The minimum absolute atomic E-state index is 0.261. The monoisotopic (exact) mass is 415 g/mol. The number of aliphatic carboxylic acids is 1. The second-order valence-corrected chi connectivity index (χ2v) is 7.31. The van der Waals surface area contributed by atoms with Crippen LogP contribution in [0.2, 0.25) is 10.0 Å². The number of carboxylic acids is 1. The number of halogens is 2. The molecular formula is C22H19Cl2NO3. The largest absolute Gasteiger partial charge is 0.481 e. The smallest absolute Gasteiger partial charge is 0.312 e. The van der Waals surface area contributed by atoms with Crippen molar-refractivity contribution in [1.29, 1.82) is 0 Å². The fraction of sp³-hybridized carbons (Fsp3) is 0.182. The fourth-order valence-corrected chi connectivity index (χ4v) is 3.74. The molecule has 1 aromatic heterocycles. The molecule has 3 aromatic rings.